The number of ether oxygens (including phenoxy) is 1. The molecular formula is C36H32F6N4O6. The van der Waals surface area contributed by atoms with Gasteiger partial charge in [0.05, 0.1) is 18.7 Å². The topological polar surface area (TPSA) is 151 Å². The van der Waals surface area contributed by atoms with E-state index in [9.17, 15) is 31.1 Å². The second kappa shape index (κ2) is 17.1. The van der Waals surface area contributed by atoms with Crippen molar-refractivity contribution in [2.45, 2.75) is 24.9 Å². The third kappa shape index (κ3) is 10.8. The molecule has 4 N–H and O–H groups in total. The number of aliphatic carboxylic acids is 2. The number of aromatic nitrogens is 2. The lowest BCUT2D eigenvalue weighted by molar-refractivity contribution is -0.671. The number of halogens is 6. The zero-order valence-electron chi connectivity index (χ0n) is 27.5. The van der Waals surface area contributed by atoms with E-state index in [0.717, 1.165) is 38.9 Å². The minimum atomic E-state index is -5.19. The van der Waals surface area contributed by atoms with Gasteiger partial charge in [-0.1, -0.05) is 61.2 Å². The lowest BCUT2D eigenvalue weighted by Crippen LogP contribution is -2.37. The van der Waals surface area contributed by atoms with Crippen molar-refractivity contribution in [3.63, 3.8) is 0 Å². The van der Waals surface area contributed by atoms with Gasteiger partial charge in [-0.05, 0) is 46.5 Å². The summed E-state index contributed by atoms with van der Waals surface area (Å²) in [7, 11) is 3.61. The van der Waals surface area contributed by atoms with Gasteiger partial charge in [-0.2, -0.15) is 26.3 Å². The molecule has 5 rings (SSSR count). The van der Waals surface area contributed by atoms with Crippen LogP contribution in [0.5, 0.6) is 5.75 Å². The Balaban J connectivity index is 0.000000441. The molecule has 5 aromatic rings. The molecule has 2 aromatic heterocycles. The van der Waals surface area contributed by atoms with E-state index in [4.69, 9.17) is 30.3 Å². The maximum absolute atomic E-state index is 14.0. The van der Waals surface area contributed by atoms with Crippen molar-refractivity contribution in [1.82, 2.24) is 9.88 Å². The van der Waals surface area contributed by atoms with Crippen LogP contribution in [0.15, 0.2) is 110 Å². The van der Waals surface area contributed by atoms with Crippen molar-refractivity contribution in [3.05, 3.63) is 138 Å². The molecule has 274 valence electrons. The monoisotopic (exact) mass is 730 g/mol. The largest absolute Gasteiger partial charge is 0.542 e. The summed E-state index contributed by atoms with van der Waals surface area (Å²) in [6, 6.07) is 29.4. The Morgan fingerprint density at radius 2 is 1.46 bits per heavy atom. The van der Waals surface area contributed by atoms with Crippen LogP contribution in [-0.4, -0.2) is 47.0 Å². The number of amides is 1. The lowest BCUT2D eigenvalue weighted by atomic mass is 9.99. The SMILES string of the molecule is C=C(N)c1cccc(Cn2c(C(=O)NC(c3ccccc3)c3cc[n+](C)cc3)cc3c(OC)cccc32)c1.O=C(O)C(F)(F)F.O=C([O-])C(F)(F)F. The molecule has 0 aliphatic carbocycles. The number of aryl methyl sites for hydroxylation is 1. The molecule has 1 amide bonds. The smallest absolute Gasteiger partial charge is 0.490 e. The summed E-state index contributed by atoms with van der Waals surface area (Å²) >= 11 is 0. The molecule has 0 radical (unpaired) electrons. The maximum Gasteiger partial charge on any atom is 0.490 e. The van der Waals surface area contributed by atoms with Gasteiger partial charge in [0.2, 0.25) is 0 Å². The third-order valence-corrected chi connectivity index (χ3v) is 7.22. The molecule has 0 bridgehead atoms. The molecule has 52 heavy (non-hydrogen) atoms. The molecule has 0 aliphatic rings. The average molecular weight is 731 g/mol. The normalized spacial score (nSPS) is 11.6. The summed E-state index contributed by atoms with van der Waals surface area (Å²) < 4.78 is 72.9. The fourth-order valence-corrected chi connectivity index (χ4v) is 4.76. The Hall–Kier alpha value is -6.32. The van der Waals surface area contributed by atoms with E-state index in [-0.39, 0.29) is 11.9 Å². The Morgan fingerprint density at radius 1 is 0.904 bits per heavy atom. The number of fused-ring (bicyclic) bond motifs is 1. The van der Waals surface area contributed by atoms with Crippen molar-refractivity contribution in [3.8, 4) is 5.75 Å². The van der Waals surface area contributed by atoms with E-state index in [1.54, 1.807) is 7.11 Å². The van der Waals surface area contributed by atoms with Gasteiger partial charge < -0.3 is 35.4 Å². The van der Waals surface area contributed by atoms with Crippen LogP contribution in [0.4, 0.5) is 26.3 Å². The predicted molar refractivity (Wildman–Crippen MR) is 175 cm³/mol. The molecule has 0 aliphatic heterocycles. The van der Waals surface area contributed by atoms with Gasteiger partial charge >= 0.3 is 18.3 Å². The van der Waals surface area contributed by atoms with Crippen LogP contribution in [0.25, 0.3) is 16.6 Å². The van der Waals surface area contributed by atoms with E-state index in [1.807, 2.05) is 120 Å². The molecule has 1 unspecified atom stereocenters. The molecule has 0 saturated carbocycles. The minimum Gasteiger partial charge on any atom is -0.542 e. The first-order valence-corrected chi connectivity index (χ1v) is 14.9. The number of nitrogens with two attached hydrogens (primary N) is 1. The minimum absolute atomic E-state index is 0.176. The number of carbonyl (C=O) groups excluding carboxylic acids is 2. The van der Waals surface area contributed by atoms with E-state index in [1.165, 1.54) is 0 Å². The molecule has 16 heteroatoms. The number of nitrogens with one attached hydrogen (secondary N) is 1. The number of carboxylic acid groups (broad SMARTS) is 2. The Bertz CT molecular complexity index is 2000. The quantitative estimate of drug-likeness (QED) is 0.152. The summed E-state index contributed by atoms with van der Waals surface area (Å²) in [5.74, 6) is -5.22. The molecule has 0 saturated heterocycles. The molecule has 3 aromatic carbocycles. The van der Waals surface area contributed by atoms with Gasteiger partial charge in [-0.3, -0.25) is 4.79 Å². The highest BCUT2D eigenvalue weighted by Crippen LogP contribution is 2.31. The van der Waals surface area contributed by atoms with Crippen LogP contribution < -0.4 is 25.5 Å². The van der Waals surface area contributed by atoms with Gasteiger partial charge in [0.15, 0.2) is 12.4 Å². The van der Waals surface area contributed by atoms with Gasteiger partial charge in [-0.25, -0.2) is 9.36 Å². The number of benzene rings is 3. The zero-order chi connectivity index (χ0) is 38.8. The van der Waals surface area contributed by atoms with Crippen LogP contribution in [0.2, 0.25) is 0 Å². The first kappa shape index (κ1) is 40.1. The molecule has 1 atom stereocenters. The van der Waals surface area contributed by atoms with Gasteiger partial charge in [0.25, 0.3) is 5.91 Å². The third-order valence-electron chi connectivity index (χ3n) is 7.22. The standard InChI is InChI=1S/C32H30N4O2.2C2HF3O2/c1-22(33)26-12-7-9-23(19-26)21-36-28-13-8-14-30(38-3)27(28)20-29(36)32(37)34-31(24-10-5-4-6-11-24)25-15-17-35(2)18-16-25;2*3-2(4,5)1(6)7/h4-20,31H,1,21,33H2,2-3H3;2*(H,6,7). The van der Waals surface area contributed by atoms with E-state index in [2.05, 4.69) is 11.9 Å². The first-order chi connectivity index (χ1) is 24.3. The van der Waals surface area contributed by atoms with Crippen molar-refractivity contribution < 1.29 is 60.2 Å². The van der Waals surface area contributed by atoms with E-state index < -0.39 is 24.3 Å². The Morgan fingerprint density at radius 3 is 1.98 bits per heavy atom. The zero-order valence-corrected chi connectivity index (χ0v) is 27.5. The molecule has 2 heterocycles. The molecular weight excluding hydrogens is 698 g/mol. The summed E-state index contributed by atoms with van der Waals surface area (Å²) in [5.41, 5.74) is 11.8. The maximum atomic E-state index is 14.0. The number of carboxylic acids is 2. The predicted octanol–water partition coefficient (Wildman–Crippen LogP) is 4.90. The first-order valence-electron chi connectivity index (χ1n) is 14.9. The van der Waals surface area contributed by atoms with Crippen molar-refractivity contribution in [2.75, 3.05) is 7.11 Å². The van der Waals surface area contributed by atoms with E-state index in [0.29, 0.717) is 17.9 Å². The highest BCUT2D eigenvalue weighted by molar-refractivity contribution is 6.01. The highest BCUT2D eigenvalue weighted by Gasteiger charge is 2.38. The number of carbonyl (C=O) groups is 3. The van der Waals surface area contributed by atoms with E-state index >= 15 is 0 Å². The summed E-state index contributed by atoms with van der Waals surface area (Å²) in [6.07, 6.45) is -6.31. The lowest BCUT2D eigenvalue weighted by Gasteiger charge is -2.20. The second-order valence-corrected chi connectivity index (χ2v) is 10.9. The summed E-state index contributed by atoms with van der Waals surface area (Å²) in [6.45, 7) is 4.35. The van der Waals surface area contributed by atoms with Gasteiger partial charge in [0.1, 0.15) is 24.5 Å². The van der Waals surface area contributed by atoms with Crippen molar-refractivity contribution in [2.24, 2.45) is 12.8 Å². The number of hydrogen-bond donors (Lipinski definition) is 3. The molecule has 0 fully saturated rings. The van der Waals surface area contributed by atoms with Crippen LogP contribution in [-0.2, 0) is 23.2 Å². The van der Waals surface area contributed by atoms with Crippen LogP contribution in [0.1, 0.15) is 38.8 Å². The van der Waals surface area contributed by atoms with Crippen LogP contribution >= 0.6 is 0 Å². The number of rotatable bonds is 8. The number of methoxy groups -OCH3 is 1. The van der Waals surface area contributed by atoms with Crippen LogP contribution in [0, 0.1) is 0 Å². The Labute approximate surface area is 293 Å². The van der Waals surface area contributed by atoms with Crippen molar-refractivity contribution in [1.29, 1.82) is 0 Å². The second-order valence-electron chi connectivity index (χ2n) is 10.9. The van der Waals surface area contributed by atoms with Crippen molar-refractivity contribution >= 4 is 34.4 Å². The number of hydrogen-bond acceptors (Lipinski definition) is 6. The van der Waals surface area contributed by atoms with Crippen LogP contribution in [0.3, 0.4) is 0 Å². The molecule has 0 spiro atoms. The Kier molecular flexibility index (Phi) is 13.2. The van der Waals surface area contributed by atoms with Gasteiger partial charge in [-0.15, -0.1) is 0 Å². The van der Waals surface area contributed by atoms with Gasteiger partial charge in [0, 0.05) is 29.8 Å². The molecule has 10 nitrogen and oxygen atoms in total. The summed E-state index contributed by atoms with van der Waals surface area (Å²) in [4.78, 5) is 31.7. The average Bonchev–Trinajstić information content (AvgIpc) is 3.46. The fourth-order valence-electron chi connectivity index (χ4n) is 4.76. The highest BCUT2D eigenvalue weighted by atomic mass is 19.4. The number of alkyl halides is 6. The number of pyridine rings is 1. The number of nitrogens with zero attached hydrogens (tertiary/aromatic N) is 2. The fraction of sp³-hybridized carbons (Fsp3) is 0.167. The summed E-state index contributed by atoms with van der Waals surface area (Å²) in [5, 5.41) is 20.1.